The third-order valence-electron chi connectivity index (χ3n) is 10.1. The molecule has 2 bridgehead atoms. The van der Waals surface area contributed by atoms with E-state index in [2.05, 4.69) is 33.4 Å². The second kappa shape index (κ2) is 10.7. The van der Waals surface area contributed by atoms with Crippen LogP contribution in [0.4, 0.5) is 17.6 Å². The van der Waals surface area contributed by atoms with E-state index in [4.69, 9.17) is 32.6 Å². The van der Waals surface area contributed by atoms with Crippen molar-refractivity contribution in [2.24, 2.45) is 0 Å². The molecule has 8 nitrogen and oxygen atoms in total. The number of benzene rings is 2. The minimum absolute atomic E-state index is 0.309. The number of nitrogen functional groups attached to an aromatic ring is 1. The Labute approximate surface area is 251 Å². The molecule has 9 heteroatoms. The van der Waals surface area contributed by atoms with Gasteiger partial charge in [0, 0.05) is 22.9 Å². The lowest BCUT2D eigenvalue weighted by molar-refractivity contribution is 0.222. The fourth-order valence-electron chi connectivity index (χ4n) is 8.05. The van der Waals surface area contributed by atoms with Crippen molar-refractivity contribution in [2.45, 2.75) is 82.1 Å². The molecule has 4 aromatic rings. The van der Waals surface area contributed by atoms with Crippen molar-refractivity contribution in [1.82, 2.24) is 29.9 Å². The van der Waals surface area contributed by atoms with E-state index >= 15 is 0 Å². The summed E-state index contributed by atoms with van der Waals surface area (Å²) in [4.78, 5) is 7.31. The average molecular weight is 581 g/mol. The first-order valence-corrected chi connectivity index (χ1v) is 16.0. The Kier molecular flexibility index (Phi) is 6.64. The molecule has 42 heavy (non-hydrogen) atoms. The SMILES string of the molecule is Nc1nc(Nc2ccc3c(c2)CCC(N2CCCC2)CC3)nn1-c1nnc(-c2ccccc2Cl)c2c1C1CCC2CC1. The molecule has 1 atom stereocenters. The van der Waals surface area contributed by atoms with Gasteiger partial charge in [0.2, 0.25) is 11.9 Å². The van der Waals surface area contributed by atoms with Crippen LogP contribution in [0, 0.1) is 0 Å². The number of hydrogen-bond donors (Lipinski definition) is 2. The van der Waals surface area contributed by atoms with Gasteiger partial charge >= 0.3 is 0 Å². The second-order valence-corrected chi connectivity index (χ2v) is 12.9. The number of halogens is 1. The van der Waals surface area contributed by atoms with Gasteiger partial charge in [0.05, 0.1) is 10.7 Å². The van der Waals surface area contributed by atoms with Crippen LogP contribution in [-0.4, -0.2) is 49.0 Å². The zero-order chi connectivity index (χ0) is 28.2. The van der Waals surface area contributed by atoms with Crippen LogP contribution >= 0.6 is 11.6 Å². The minimum Gasteiger partial charge on any atom is -0.368 e. The molecule has 0 spiro atoms. The van der Waals surface area contributed by atoms with E-state index in [1.165, 1.54) is 61.0 Å². The Morgan fingerprint density at radius 1 is 0.833 bits per heavy atom. The van der Waals surface area contributed by atoms with E-state index in [0.717, 1.165) is 55.5 Å². The van der Waals surface area contributed by atoms with Crippen LogP contribution in [0.25, 0.3) is 17.1 Å². The van der Waals surface area contributed by atoms with Crippen molar-refractivity contribution >= 4 is 29.2 Å². The molecule has 5 aliphatic rings. The molecule has 3 N–H and O–H groups in total. The summed E-state index contributed by atoms with van der Waals surface area (Å²) in [6.07, 6.45) is 12.1. The quantitative estimate of drug-likeness (QED) is 0.250. The molecule has 1 saturated heterocycles. The topological polar surface area (TPSA) is 97.8 Å². The van der Waals surface area contributed by atoms with Gasteiger partial charge in [-0.2, -0.15) is 9.67 Å². The van der Waals surface area contributed by atoms with Gasteiger partial charge in [-0.1, -0.05) is 35.9 Å². The Balaban J connectivity index is 1.09. The monoisotopic (exact) mass is 580 g/mol. The predicted octanol–water partition coefficient (Wildman–Crippen LogP) is 6.80. The highest BCUT2D eigenvalue weighted by Crippen LogP contribution is 2.53. The Morgan fingerprint density at radius 3 is 2.36 bits per heavy atom. The standard InChI is InChI=1S/C33H37ClN8/c34-27-6-2-1-5-26(27)30-28-21-7-9-22(10-8-21)29(28)31(39-38-30)42-32(35)37-33(40-42)36-24-14-11-20-12-15-25(16-13-23(20)19-24)41-17-3-4-18-41/h1-2,5-6,11,14,19,21-22,25H,3-4,7-10,12-13,15-18H2,(H3,35,36,37,40). The van der Waals surface area contributed by atoms with Crippen molar-refractivity contribution in [3.63, 3.8) is 0 Å². The lowest BCUT2D eigenvalue weighted by Crippen LogP contribution is -2.32. The maximum Gasteiger partial charge on any atom is 0.248 e. The highest BCUT2D eigenvalue weighted by molar-refractivity contribution is 6.33. The van der Waals surface area contributed by atoms with E-state index < -0.39 is 0 Å². The molecule has 0 radical (unpaired) electrons. The average Bonchev–Trinajstić information content (AvgIpc) is 3.63. The van der Waals surface area contributed by atoms with Gasteiger partial charge in [-0.3, -0.25) is 0 Å². The van der Waals surface area contributed by atoms with Crippen LogP contribution in [-0.2, 0) is 12.8 Å². The Bertz CT molecular complexity index is 1630. The number of hydrogen-bond acceptors (Lipinski definition) is 7. The van der Waals surface area contributed by atoms with Crippen molar-refractivity contribution in [2.75, 3.05) is 24.1 Å². The zero-order valence-corrected chi connectivity index (χ0v) is 24.7. The lowest BCUT2D eigenvalue weighted by Gasteiger charge is -2.39. The zero-order valence-electron chi connectivity index (χ0n) is 23.9. The summed E-state index contributed by atoms with van der Waals surface area (Å²) in [5.74, 6) is 2.33. The minimum atomic E-state index is 0.309. The second-order valence-electron chi connectivity index (χ2n) is 12.5. The van der Waals surface area contributed by atoms with Crippen molar-refractivity contribution in [3.8, 4) is 17.1 Å². The van der Waals surface area contributed by atoms with Crippen LogP contribution in [0.3, 0.4) is 0 Å². The first-order chi connectivity index (χ1) is 20.6. The summed E-state index contributed by atoms with van der Waals surface area (Å²) in [6, 6.07) is 15.3. The van der Waals surface area contributed by atoms with Crippen LogP contribution in [0.5, 0.6) is 0 Å². The molecule has 1 unspecified atom stereocenters. The van der Waals surface area contributed by atoms with E-state index in [9.17, 15) is 0 Å². The largest absolute Gasteiger partial charge is 0.368 e. The van der Waals surface area contributed by atoms with E-state index in [1.54, 1.807) is 4.68 Å². The van der Waals surface area contributed by atoms with Crippen LogP contribution in [0.1, 0.15) is 85.5 Å². The van der Waals surface area contributed by atoms with E-state index in [1.807, 2.05) is 24.3 Å². The van der Waals surface area contributed by atoms with Gasteiger partial charge in [0.15, 0.2) is 5.82 Å². The highest BCUT2D eigenvalue weighted by atomic mass is 35.5. The Morgan fingerprint density at radius 2 is 1.57 bits per heavy atom. The van der Waals surface area contributed by atoms with Crippen LogP contribution in [0.15, 0.2) is 42.5 Å². The molecular weight excluding hydrogens is 544 g/mol. The van der Waals surface area contributed by atoms with Crippen molar-refractivity contribution in [1.29, 1.82) is 0 Å². The number of rotatable bonds is 5. The summed E-state index contributed by atoms with van der Waals surface area (Å²) < 4.78 is 1.68. The van der Waals surface area contributed by atoms with Crippen molar-refractivity contribution < 1.29 is 0 Å². The molecule has 9 rings (SSSR count). The molecule has 1 saturated carbocycles. The van der Waals surface area contributed by atoms with Crippen molar-refractivity contribution in [3.05, 3.63) is 69.7 Å². The molecule has 2 aromatic heterocycles. The van der Waals surface area contributed by atoms with Gasteiger partial charge in [0.1, 0.15) is 0 Å². The number of fused-ring (bicyclic) bond motifs is 3. The Hall–Kier alpha value is -3.49. The third kappa shape index (κ3) is 4.56. The van der Waals surface area contributed by atoms with Crippen LogP contribution in [0.2, 0.25) is 5.02 Å². The maximum atomic E-state index is 6.63. The molecule has 0 amide bonds. The number of aryl methyl sites for hydroxylation is 2. The van der Waals surface area contributed by atoms with Gasteiger partial charge in [0.25, 0.3) is 0 Å². The lowest BCUT2D eigenvalue weighted by atomic mass is 9.66. The number of anilines is 3. The van der Waals surface area contributed by atoms with Gasteiger partial charge in [-0.25, -0.2) is 0 Å². The van der Waals surface area contributed by atoms with Gasteiger partial charge in [-0.15, -0.1) is 15.3 Å². The summed E-state index contributed by atoms with van der Waals surface area (Å²) in [5, 5.41) is 18.4. The molecular formula is C33H37ClN8. The third-order valence-corrected chi connectivity index (χ3v) is 10.5. The number of aromatic nitrogens is 5. The fourth-order valence-corrected chi connectivity index (χ4v) is 8.28. The number of nitrogens with zero attached hydrogens (tertiary/aromatic N) is 6. The van der Waals surface area contributed by atoms with Crippen LogP contribution < -0.4 is 11.1 Å². The van der Waals surface area contributed by atoms with E-state index in [0.29, 0.717) is 40.6 Å². The summed E-state index contributed by atoms with van der Waals surface area (Å²) in [6.45, 7) is 2.53. The number of nitrogens with one attached hydrogen (secondary N) is 1. The summed E-state index contributed by atoms with van der Waals surface area (Å²) >= 11 is 6.63. The molecule has 2 aromatic carbocycles. The van der Waals surface area contributed by atoms with Gasteiger partial charge in [-0.05, 0) is 124 Å². The first-order valence-electron chi connectivity index (χ1n) is 15.6. The molecule has 216 valence electrons. The fraction of sp³-hybridized carbons (Fsp3) is 0.455. The normalized spacial score (nSPS) is 23.4. The molecule has 2 fully saturated rings. The maximum absolute atomic E-state index is 6.63. The number of likely N-dealkylation sites (tertiary alicyclic amines) is 1. The predicted molar refractivity (Wildman–Crippen MR) is 167 cm³/mol. The summed E-state index contributed by atoms with van der Waals surface area (Å²) in [5.41, 5.74) is 14.7. The highest BCUT2D eigenvalue weighted by Gasteiger charge is 2.39. The smallest absolute Gasteiger partial charge is 0.248 e. The molecule has 3 heterocycles. The van der Waals surface area contributed by atoms with E-state index in [-0.39, 0.29) is 0 Å². The molecule has 4 aliphatic carbocycles. The first kappa shape index (κ1) is 26.2. The molecule has 1 aliphatic heterocycles. The van der Waals surface area contributed by atoms with Gasteiger partial charge < -0.3 is 16.0 Å². The number of nitrogens with two attached hydrogens (primary N) is 1. The summed E-state index contributed by atoms with van der Waals surface area (Å²) in [7, 11) is 0.